The van der Waals surface area contributed by atoms with Gasteiger partial charge >= 0.3 is 0 Å². The van der Waals surface area contributed by atoms with Crippen LogP contribution >= 0.6 is 0 Å². The van der Waals surface area contributed by atoms with Crippen LogP contribution in [0.15, 0.2) is 29.7 Å². The first-order valence-corrected chi connectivity index (χ1v) is 10.7. The summed E-state index contributed by atoms with van der Waals surface area (Å²) in [6.45, 7) is 7.55. The minimum atomic E-state index is -0.175. The summed E-state index contributed by atoms with van der Waals surface area (Å²) in [5.74, 6) is 3.98. The molecule has 1 aromatic carbocycles. The van der Waals surface area contributed by atoms with Gasteiger partial charge in [0.05, 0.1) is 26.1 Å². The lowest BCUT2D eigenvalue weighted by Crippen LogP contribution is -2.34. The van der Waals surface area contributed by atoms with E-state index in [1.165, 1.54) is 0 Å². The molecule has 5 nitrogen and oxygen atoms in total. The first-order chi connectivity index (χ1) is 13.9. The lowest BCUT2D eigenvalue weighted by Gasteiger charge is -2.38. The van der Waals surface area contributed by atoms with Gasteiger partial charge in [0.25, 0.3) is 0 Å². The molecule has 5 heteroatoms. The van der Waals surface area contributed by atoms with Gasteiger partial charge in [-0.3, -0.25) is 0 Å². The predicted octanol–water partition coefficient (Wildman–Crippen LogP) is 5.12. The van der Waals surface area contributed by atoms with Crippen LogP contribution in [-0.4, -0.2) is 31.0 Å². The third-order valence-electron chi connectivity index (χ3n) is 6.18. The highest BCUT2D eigenvalue weighted by Gasteiger charge is 2.37. The fourth-order valence-electron chi connectivity index (χ4n) is 4.55. The lowest BCUT2D eigenvalue weighted by molar-refractivity contribution is 0.0805. The SMILES string of the molecule is CCCOC1=CCC([C@@H]2COc3c(c(OC)cc4c3CCC(C)(C)O4)C2)C(O)=C1. The molecular formula is C24H32O5. The monoisotopic (exact) mass is 400 g/mol. The van der Waals surface area contributed by atoms with Crippen molar-refractivity contribution in [2.75, 3.05) is 20.3 Å². The maximum absolute atomic E-state index is 10.6. The summed E-state index contributed by atoms with van der Waals surface area (Å²) in [4.78, 5) is 0. The fourth-order valence-corrected chi connectivity index (χ4v) is 4.55. The van der Waals surface area contributed by atoms with Crippen molar-refractivity contribution in [1.29, 1.82) is 0 Å². The smallest absolute Gasteiger partial charge is 0.133 e. The summed E-state index contributed by atoms with van der Waals surface area (Å²) >= 11 is 0. The van der Waals surface area contributed by atoms with E-state index in [-0.39, 0.29) is 17.4 Å². The summed E-state index contributed by atoms with van der Waals surface area (Å²) in [7, 11) is 1.69. The van der Waals surface area contributed by atoms with E-state index in [0.29, 0.717) is 19.0 Å². The van der Waals surface area contributed by atoms with Gasteiger partial charge in [0.1, 0.15) is 28.6 Å². The second-order valence-electron chi connectivity index (χ2n) is 8.87. The van der Waals surface area contributed by atoms with E-state index in [0.717, 1.165) is 66.2 Å². The normalized spacial score (nSPS) is 24.8. The van der Waals surface area contributed by atoms with E-state index >= 15 is 0 Å². The average molecular weight is 401 g/mol. The van der Waals surface area contributed by atoms with Crippen molar-refractivity contribution in [3.05, 3.63) is 40.9 Å². The molecule has 0 bridgehead atoms. The maximum atomic E-state index is 10.6. The Balaban J connectivity index is 1.57. The highest BCUT2D eigenvalue weighted by Crippen LogP contribution is 2.48. The standard InChI is InChI=1S/C24H32O5/c1-5-10-27-16-6-7-17(20(25)12-16)15-11-19-21(26-4)13-22-18(23(19)28-14-15)8-9-24(2,3)29-22/h6,12-13,15,17,25H,5,7-11,14H2,1-4H3/t15-,17?/m0/s1. The molecule has 0 radical (unpaired) electrons. The van der Waals surface area contributed by atoms with E-state index in [4.69, 9.17) is 18.9 Å². The van der Waals surface area contributed by atoms with Crippen molar-refractivity contribution >= 4 is 0 Å². The third-order valence-corrected chi connectivity index (χ3v) is 6.18. The number of aliphatic hydroxyl groups is 1. The van der Waals surface area contributed by atoms with Crippen molar-refractivity contribution in [1.82, 2.24) is 0 Å². The Labute approximate surface area is 173 Å². The zero-order chi connectivity index (χ0) is 20.6. The van der Waals surface area contributed by atoms with Crippen LogP contribution in [0.1, 0.15) is 51.2 Å². The van der Waals surface area contributed by atoms with Gasteiger partial charge in [-0.1, -0.05) is 6.92 Å². The number of ether oxygens (including phenoxy) is 4. The average Bonchev–Trinajstić information content (AvgIpc) is 2.70. The Hall–Kier alpha value is -2.30. The molecule has 0 aromatic heterocycles. The lowest BCUT2D eigenvalue weighted by atomic mass is 9.79. The molecule has 3 aliphatic rings. The molecule has 1 N–H and O–H groups in total. The van der Waals surface area contributed by atoms with E-state index in [9.17, 15) is 5.11 Å². The molecular weight excluding hydrogens is 368 g/mol. The number of rotatable bonds is 5. The number of allylic oxidation sites excluding steroid dienone is 3. The summed E-state index contributed by atoms with van der Waals surface area (Å²) in [5, 5.41) is 10.6. The molecule has 0 spiro atoms. The fraction of sp³-hybridized carbons (Fsp3) is 0.583. The quantitative estimate of drug-likeness (QED) is 0.743. The van der Waals surface area contributed by atoms with Crippen molar-refractivity contribution in [2.24, 2.45) is 11.8 Å². The predicted molar refractivity (Wildman–Crippen MR) is 112 cm³/mol. The first kappa shape index (κ1) is 20.0. The molecule has 1 aromatic rings. The van der Waals surface area contributed by atoms with Crippen LogP contribution in [0.3, 0.4) is 0 Å². The van der Waals surface area contributed by atoms with Gasteiger partial charge in [0, 0.05) is 35.1 Å². The summed E-state index contributed by atoms with van der Waals surface area (Å²) in [6, 6.07) is 2.01. The number of benzene rings is 1. The molecule has 0 amide bonds. The first-order valence-electron chi connectivity index (χ1n) is 10.7. The number of methoxy groups -OCH3 is 1. The zero-order valence-corrected chi connectivity index (χ0v) is 17.9. The number of aliphatic hydroxyl groups excluding tert-OH is 1. The molecule has 0 saturated heterocycles. The molecule has 158 valence electrons. The highest BCUT2D eigenvalue weighted by atomic mass is 16.5. The summed E-state index contributed by atoms with van der Waals surface area (Å²) in [6.07, 6.45) is 8.27. The Kier molecular flexibility index (Phi) is 5.41. The summed E-state index contributed by atoms with van der Waals surface area (Å²) < 4.78 is 23.9. The van der Waals surface area contributed by atoms with Crippen LogP contribution in [0.4, 0.5) is 0 Å². The highest BCUT2D eigenvalue weighted by molar-refractivity contribution is 5.59. The van der Waals surface area contributed by atoms with Crippen LogP contribution < -0.4 is 14.2 Å². The second kappa shape index (κ2) is 7.85. The molecule has 2 heterocycles. The Morgan fingerprint density at radius 1 is 1.28 bits per heavy atom. The molecule has 0 fully saturated rings. The summed E-state index contributed by atoms with van der Waals surface area (Å²) in [5.41, 5.74) is 2.07. The van der Waals surface area contributed by atoms with Gasteiger partial charge in [-0.2, -0.15) is 0 Å². The number of fused-ring (bicyclic) bond motifs is 3. The van der Waals surface area contributed by atoms with Crippen molar-refractivity contribution in [3.63, 3.8) is 0 Å². The van der Waals surface area contributed by atoms with Gasteiger partial charge in [-0.25, -0.2) is 0 Å². The minimum Gasteiger partial charge on any atom is -0.512 e. The molecule has 2 aliphatic heterocycles. The molecule has 0 saturated carbocycles. The molecule has 29 heavy (non-hydrogen) atoms. The number of hydrogen-bond acceptors (Lipinski definition) is 5. The van der Waals surface area contributed by atoms with Gasteiger partial charge in [-0.15, -0.1) is 0 Å². The van der Waals surface area contributed by atoms with Gasteiger partial charge in [-0.05, 0) is 52.0 Å². The molecule has 1 unspecified atom stereocenters. The van der Waals surface area contributed by atoms with Crippen molar-refractivity contribution in [2.45, 2.75) is 58.5 Å². The van der Waals surface area contributed by atoms with Crippen LogP contribution in [0.2, 0.25) is 0 Å². The van der Waals surface area contributed by atoms with Crippen LogP contribution in [0.25, 0.3) is 0 Å². The van der Waals surface area contributed by atoms with Crippen LogP contribution in [0, 0.1) is 11.8 Å². The van der Waals surface area contributed by atoms with Gasteiger partial charge in [0.15, 0.2) is 0 Å². The Bertz CT molecular complexity index is 836. The van der Waals surface area contributed by atoms with Crippen molar-refractivity contribution < 1.29 is 24.1 Å². The Morgan fingerprint density at radius 2 is 2.10 bits per heavy atom. The third kappa shape index (κ3) is 3.92. The maximum Gasteiger partial charge on any atom is 0.133 e. The van der Waals surface area contributed by atoms with Crippen molar-refractivity contribution in [3.8, 4) is 17.2 Å². The second-order valence-corrected chi connectivity index (χ2v) is 8.87. The topological polar surface area (TPSA) is 57.2 Å². The van der Waals surface area contributed by atoms with E-state index in [2.05, 4.69) is 26.8 Å². The van der Waals surface area contributed by atoms with E-state index in [1.54, 1.807) is 13.2 Å². The molecule has 4 rings (SSSR count). The number of hydrogen-bond donors (Lipinski definition) is 1. The largest absolute Gasteiger partial charge is 0.512 e. The van der Waals surface area contributed by atoms with E-state index < -0.39 is 0 Å². The minimum absolute atomic E-state index is 0.0352. The van der Waals surface area contributed by atoms with E-state index in [1.807, 2.05) is 6.07 Å². The Morgan fingerprint density at radius 3 is 2.83 bits per heavy atom. The van der Waals surface area contributed by atoms with Gasteiger partial charge < -0.3 is 24.1 Å². The van der Waals surface area contributed by atoms with Crippen LogP contribution in [-0.2, 0) is 17.6 Å². The van der Waals surface area contributed by atoms with Gasteiger partial charge in [0.2, 0.25) is 0 Å². The van der Waals surface area contributed by atoms with Crippen LogP contribution in [0.5, 0.6) is 17.2 Å². The zero-order valence-electron chi connectivity index (χ0n) is 17.9. The molecule has 2 atom stereocenters. The molecule has 1 aliphatic carbocycles.